The third kappa shape index (κ3) is 4.01. The first kappa shape index (κ1) is 16.8. The maximum Gasteiger partial charge on any atom is 0.242 e. The van der Waals surface area contributed by atoms with Gasteiger partial charge in [-0.3, -0.25) is 9.69 Å². The molecule has 2 rings (SSSR count). The molecule has 0 aromatic heterocycles. The highest BCUT2D eigenvalue weighted by molar-refractivity contribution is 5.83. The van der Waals surface area contributed by atoms with Crippen molar-refractivity contribution in [2.24, 2.45) is 0 Å². The fourth-order valence-corrected chi connectivity index (χ4v) is 3.25. The normalized spacial score (nSPS) is 16.7. The minimum absolute atomic E-state index is 0.126. The number of carbonyl (C=O) groups excluding carboxylic acids is 1. The van der Waals surface area contributed by atoms with E-state index in [0.29, 0.717) is 6.04 Å². The van der Waals surface area contributed by atoms with Gasteiger partial charge < -0.3 is 10.1 Å². The van der Waals surface area contributed by atoms with E-state index < -0.39 is 0 Å². The van der Waals surface area contributed by atoms with E-state index in [2.05, 4.69) is 24.1 Å². The van der Waals surface area contributed by atoms with Crippen LogP contribution in [-0.2, 0) is 4.79 Å². The molecule has 1 saturated carbocycles. The summed E-state index contributed by atoms with van der Waals surface area (Å²) >= 11 is 0. The number of ether oxygens (including phenoxy) is 1. The highest BCUT2D eigenvalue weighted by Gasteiger charge is 2.28. The van der Waals surface area contributed by atoms with Gasteiger partial charge in [-0.1, -0.05) is 38.8 Å². The van der Waals surface area contributed by atoms with Gasteiger partial charge in [0.1, 0.15) is 11.8 Å². The zero-order chi connectivity index (χ0) is 15.9. The average Bonchev–Trinajstić information content (AvgIpc) is 3.05. The van der Waals surface area contributed by atoms with Crippen molar-refractivity contribution in [1.82, 2.24) is 10.2 Å². The summed E-state index contributed by atoms with van der Waals surface area (Å²) in [5.41, 5.74) is 1.03. The molecule has 1 aromatic rings. The number of carbonyl (C=O) groups is 1. The summed E-state index contributed by atoms with van der Waals surface area (Å²) in [7, 11) is 1.66. The Labute approximate surface area is 133 Å². The van der Waals surface area contributed by atoms with Gasteiger partial charge >= 0.3 is 0 Å². The smallest absolute Gasteiger partial charge is 0.242 e. The standard InChI is InChI=1S/C18H28N2O2/c1-4-20(5-2)17(14-10-12-16(22-3)13-11-14)18(21)19-15-8-6-7-9-15/h10-13,15,17H,4-9H2,1-3H3,(H,19,21). The molecule has 0 saturated heterocycles. The SMILES string of the molecule is CCN(CC)C(C(=O)NC1CCCC1)c1ccc(OC)cc1. The van der Waals surface area contributed by atoms with Gasteiger partial charge in [0.25, 0.3) is 0 Å². The van der Waals surface area contributed by atoms with Crippen LogP contribution in [0.1, 0.15) is 51.1 Å². The molecule has 1 aliphatic carbocycles. The van der Waals surface area contributed by atoms with Crippen LogP contribution in [0.5, 0.6) is 5.75 Å². The van der Waals surface area contributed by atoms with Crippen LogP contribution in [0.3, 0.4) is 0 Å². The van der Waals surface area contributed by atoms with E-state index in [1.54, 1.807) is 7.11 Å². The third-order valence-corrected chi connectivity index (χ3v) is 4.56. The van der Waals surface area contributed by atoms with E-state index in [1.807, 2.05) is 24.3 Å². The van der Waals surface area contributed by atoms with Crippen molar-refractivity contribution >= 4 is 5.91 Å². The van der Waals surface area contributed by atoms with E-state index in [1.165, 1.54) is 12.8 Å². The van der Waals surface area contributed by atoms with Crippen molar-refractivity contribution in [3.8, 4) is 5.75 Å². The predicted octanol–water partition coefficient (Wildman–Crippen LogP) is 3.14. The number of methoxy groups -OCH3 is 1. The number of nitrogens with one attached hydrogen (secondary N) is 1. The minimum atomic E-state index is -0.221. The number of nitrogens with zero attached hydrogens (tertiary/aromatic N) is 1. The molecule has 0 bridgehead atoms. The van der Waals surface area contributed by atoms with Crippen LogP contribution in [0.15, 0.2) is 24.3 Å². The first-order chi connectivity index (χ1) is 10.7. The monoisotopic (exact) mass is 304 g/mol. The average molecular weight is 304 g/mol. The van der Waals surface area contributed by atoms with Gasteiger partial charge in [-0.15, -0.1) is 0 Å². The summed E-state index contributed by atoms with van der Waals surface area (Å²) in [6.45, 7) is 5.91. The lowest BCUT2D eigenvalue weighted by molar-refractivity contribution is -0.127. The third-order valence-electron chi connectivity index (χ3n) is 4.56. The zero-order valence-electron chi connectivity index (χ0n) is 14.0. The van der Waals surface area contributed by atoms with E-state index in [4.69, 9.17) is 4.74 Å². The van der Waals surface area contributed by atoms with Gasteiger partial charge in [-0.25, -0.2) is 0 Å². The van der Waals surface area contributed by atoms with Crippen molar-refractivity contribution in [3.63, 3.8) is 0 Å². The first-order valence-corrected chi connectivity index (χ1v) is 8.38. The number of hydrogen-bond acceptors (Lipinski definition) is 3. The largest absolute Gasteiger partial charge is 0.497 e. The van der Waals surface area contributed by atoms with Gasteiger partial charge in [0.15, 0.2) is 0 Å². The second-order valence-electron chi connectivity index (χ2n) is 5.89. The molecule has 0 aliphatic heterocycles. The molecule has 0 spiro atoms. The molecule has 22 heavy (non-hydrogen) atoms. The van der Waals surface area contributed by atoms with E-state index in [9.17, 15) is 4.79 Å². The Hall–Kier alpha value is -1.55. The lowest BCUT2D eigenvalue weighted by atomic mass is 10.0. The van der Waals surface area contributed by atoms with Gasteiger partial charge in [0.2, 0.25) is 5.91 Å². The quantitative estimate of drug-likeness (QED) is 0.841. The molecule has 1 aliphatic rings. The highest BCUT2D eigenvalue weighted by Crippen LogP contribution is 2.25. The topological polar surface area (TPSA) is 41.6 Å². The summed E-state index contributed by atoms with van der Waals surface area (Å²) in [6.07, 6.45) is 4.67. The van der Waals surface area contributed by atoms with Crippen molar-refractivity contribution in [3.05, 3.63) is 29.8 Å². The summed E-state index contributed by atoms with van der Waals surface area (Å²) in [4.78, 5) is 15.0. The Balaban J connectivity index is 2.18. The van der Waals surface area contributed by atoms with Crippen LogP contribution in [0, 0.1) is 0 Å². The maximum absolute atomic E-state index is 12.8. The van der Waals surface area contributed by atoms with Crippen molar-refractivity contribution < 1.29 is 9.53 Å². The molecule has 0 radical (unpaired) electrons. The summed E-state index contributed by atoms with van der Waals surface area (Å²) in [5.74, 6) is 0.944. The van der Waals surface area contributed by atoms with Crippen LogP contribution in [0.4, 0.5) is 0 Å². The van der Waals surface area contributed by atoms with Gasteiger partial charge in [0.05, 0.1) is 7.11 Å². The van der Waals surface area contributed by atoms with Crippen molar-refractivity contribution in [2.45, 2.75) is 51.6 Å². The van der Waals surface area contributed by atoms with E-state index in [0.717, 1.165) is 37.2 Å². The van der Waals surface area contributed by atoms with Crippen LogP contribution in [0.25, 0.3) is 0 Å². The molecule has 1 N–H and O–H groups in total. The number of rotatable bonds is 7. The minimum Gasteiger partial charge on any atom is -0.497 e. The molecule has 1 atom stereocenters. The molecule has 0 heterocycles. The molecular formula is C18H28N2O2. The number of amides is 1. The van der Waals surface area contributed by atoms with Crippen LogP contribution in [-0.4, -0.2) is 37.0 Å². The fourth-order valence-electron chi connectivity index (χ4n) is 3.25. The second-order valence-corrected chi connectivity index (χ2v) is 5.89. The van der Waals surface area contributed by atoms with E-state index in [-0.39, 0.29) is 11.9 Å². The molecular weight excluding hydrogens is 276 g/mol. The molecule has 1 unspecified atom stereocenters. The molecule has 1 aromatic carbocycles. The predicted molar refractivity (Wildman–Crippen MR) is 89.1 cm³/mol. The Morgan fingerprint density at radius 1 is 1.23 bits per heavy atom. The summed E-state index contributed by atoms with van der Waals surface area (Å²) < 4.78 is 5.22. The highest BCUT2D eigenvalue weighted by atomic mass is 16.5. The van der Waals surface area contributed by atoms with Crippen molar-refractivity contribution in [1.29, 1.82) is 0 Å². The van der Waals surface area contributed by atoms with Gasteiger partial charge in [-0.2, -0.15) is 0 Å². The summed E-state index contributed by atoms with van der Waals surface area (Å²) in [5, 5.41) is 3.24. The fraction of sp³-hybridized carbons (Fsp3) is 0.611. The first-order valence-electron chi connectivity index (χ1n) is 8.38. The summed E-state index contributed by atoms with van der Waals surface area (Å²) in [6, 6.07) is 7.97. The van der Waals surface area contributed by atoms with Gasteiger partial charge in [0, 0.05) is 6.04 Å². The molecule has 1 amide bonds. The molecule has 4 nitrogen and oxygen atoms in total. The second kappa shape index (κ2) is 8.18. The zero-order valence-corrected chi connectivity index (χ0v) is 14.0. The van der Waals surface area contributed by atoms with Crippen LogP contribution in [0.2, 0.25) is 0 Å². The Bertz CT molecular complexity index is 462. The number of hydrogen-bond donors (Lipinski definition) is 1. The molecule has 122 valence electrons. The Morgan fingerprint density at radius 2 is 1.82 bits per heavy atom. The lowest BCUT2D eigenvalue weighted by Gasteiger charge is -2.30. The molecule has 1 fully saturated rings. The van der Waals surface area contributed by atoms with Gasteiger partial charge in [-0.05, 0) is 43.6 Å². The number of likely N-dealkylation sites (N-methyl/N-ethyl adjacent to an activating group) is 1. The lowest BCUT2D eigenvalue weighted by Crippen LogP contribution is -2.43. The Kier molecular flexibility index (Phi) is 6.25. The van der Waals surface area contributed by atoms with E-state index >= 15 is 0 Å². The number of benzene rings is 1. The van der Waals surface area contributed by atoms with Crippen LogP contribution < -0.4 is 10.1 Å². The van der Waals surface area contributed by atoms with Crippen LogP contribution >= 0.6 is 0 Å². The Morgan fingerprint density at radius 3 is 2.32 bits per heavy atom. The maximum atomic E-state index is 12.8. The molecule has 4 heteroatoms. The van der Waals surface area contributed by atoms with Crippen molar-refractivity contribution in [2.75, 3.05) is 20.2 Å².